The smallest absolute Gasteiger partial charge is 0.126 e. The Morgan fingerprint density at radius 2 is 2.08 bits per heavy atom. The van der Waals surface area contributed by atoms with Gasteiger partial charge in [0, 0.05) is 5.75 Å². The van der Waals surface area contributed by atoms with Gasteiger partial charge in [0.15, 0.2) is 0 Å². The predicted molar refractivity (Wildman–Crippen MR) is 48.5 cm³/mol. The Morgan fingerprint density at radius 1 is 1.38 bits per heavy atom. The van der Waals surface area contributed by atoms with Crippen LogP contribution in [0.4, 0.5) is 4.39 Å². The van der Waals surface area contributed by atoms with Crippen LogP contribution in [-0.2, 0) is 17.5 Å². The lowest BCUT2D eigenvalue weighted by Gasteiger charge is -2.04. The van der Waals surface area contributed by atoms with E-state index in [0.717, 1.165) is 0 Å². The van der Waals surface area contributed by atoms with Gasteiger partial charge in [-0.3, -0.25) is 4.21 Å². The zero-order chi connectivity index (χ0) is 9.68. The maximum atomic E-state index is 13.0. The molecule has 0 aliphatic rings. The highest BCUT2D eigenvalue weighted by Gasteiger charge is 1.99. The van der Waals surface area contributed by atoms with Crippen molar-refractivity contribution in [3.63, 3.8) is 0 Å². The van der Waals surface area contributed by atoms with Gasteiger partial charge in [-0.15, -0.1) is 0 Å². The summed E-state index contributed by atoms with van der Waals surface area (Å²) in [6.07, 6.45) is 0.942. The van der Waals surface area contributed by atoms with Crippen LogP contribution in [0.1, 0.15) is 12.0 Å². The highest BCUT2D eigenvalue weighted by Crippen LogP contribution is 2.08. The van der Waals surface area contributed by atoms with E-state index < -0.39 is 11.1 Å². The van der Waals surface area contributed by atoms with Crippen molar-refractivity contribution in [3.8, 4) is 0 Å². The average molecular weight is 201 g/mol. The molecular weight excluding hydrogens is 191 g/mol. The SMILES string of the molecule is O=S([O-])CCCc1ccccc1F. The molecule has 1 aromatic rings. The predicted octanol–water partition coefficient (Wildman–Crippen LogP) is 1.64. The molecule has 0 saturated heterocycles. The maximum absolute atomic E-state index is 13.0. The quantitative estimate of drug-likeness (QED) is 0.695. The largest absolute Gasteiger partial charge is 0.772 e. The standard InChI is InChI=1S/C9H11FO2S/c10-9-6-2-1-4-8(9)5-3-7-13(11)12/h1-2,4,6H,3,5,7H2,(H,11,12)/p-1. The zero-order valence-electron chi connectivity index (χ0n) is 7.03. The van der Waals surface area contributed by atoms with Gasteiger partial charge in [0.1, 0.15) is 5.82 Å². The fraction of sp³-hybridized carbons (Fsp3) is 0.333. The Bertz CT molecular complexity index is 301. The summed E-state index contributed by atoms with van der Waals surface area (Å²) in [5.41, 5.74) is 0.577. The molecule has 1 unspecified atom stereocenters. The highest BCUT2D eigenvalue weighted by molar-refractivity contribution is 7.79. The Hall–Kier alpha value is -0.740. The molecule has 0 heterocycles. The average Bonchev–Trinajstić information content (AvgIpc) is 2.08. The molecule has 0 radical (unpaired) electrons. The van der Waals surface area contributed by atoms with E-state index in [1.165, 1.54) is 6.07 Å². The second-order valence-corrected chi connectivity index (χ2v) is 3.72. The molecule has 2 nitrogen and oxygen atoms in total. The summed E-state index contributed by atoms with van der Waals surface area (Å²) in [4.78, 5) is 0. The van der Waals surface area contributed by atoms with Crippen LogP contribution < -0.4 is 0 Å². The summed E-state index contributed by atoms with van der Waals surface area (Å²) in [6, 6.07) is 6.41. The van der Waals surface area contributed by atoms with E-state index in [1.807, 2.05) is 0 Å². The van der Waals surface area contributed by atoms with Gasteiger partial charge in [0.2, 0.25) is 0 Å². The summed E-state index contributed by atoms with van der Waals surface area (Å²) in [5.74, 6) is -0.173. The molecule has 0 aliphatic carbocycles. The van der Waals surface area contributed by atoms with Gasteiger partial charge in [-0.1, -0.05) is 29.3 Å². The van der Waals surface area contributed by atoms with Gasteiger partial charge in [0.05, 0.1) is 0 Å². The lowest BCUT2D eigenvalue weighted by molar-refractivity contribution is 0.534. The van der Waals surface area contributed by atoms with Crippen LogP contribution >= 0.6 is 0 Å². The van der Waals surface area contributed by atoms with Crippen LogP contribution in [0.5, 0.6) is 0 Å². The summed E-state index contributed by atoms with van der Waals surface area (Å²) in [7, 11) is 0. The van der Waals surface area contributed by atoms with Crippen molar-refractivity contribution in [2.45, 2.75) is 12.8 Å². The number of aryl methyl sites for hydroxylation is 1. The molecular formula is C9H10FO2S-. The van der Waals surface area contributed by atoms with Crippen molar-refractivity contribution in [2.75, 3.05) is 5.75 Å². The monoisotopic (exact) mass is 201 g/mol. The number of hydrogen-bond acceptors (Lipinski definition) is 2. The maximum Gasteiger partial charge on any atom is 0.126 e. The zero-order valence-corrected chi connectivity index (χ0v) is 7.85. The van der Waals surface area contributed by atoms with Gasteiger partial charge in [-0.2, -0.15) is 0 Å². The Balaban J connectivity index is 2.45. The molecule has 0 saturated carbocycles. The number of rotatable bonds is 4. The van der Waals surface area contributed by atoms with Crippen molar-refractivity contribution in [1.82, 2.24) is 0 Å². The van der Waals surface area contributed by atoms with E-state index in [-0.39, 0.29) is 11.6 Å². The molecule has 0 amide bonds. The minimum absolute atomic E-state index is 0.0916. The molecule has 0 aliphatic heterocycles. The summed E-state index contributed by atoms with van der Waals surface area (Å²) in [5, 5.41) is 0. The van der Waals surface area contributed by atoms with Crippen LogP contribution in [-0.4, -0.2) is 14.5 Å². The van der Waals surface area contributed by atoms with E-state index >= 15 is 0 Å². The molecule has 13 heavy (non-hydrogen) atoms. The molecule has 0 spiro atoms. The Kier molecular flexibility index (Phi) is 4.05. The van der Waals surface area contributed by atoms with E-state index in [4.69, 9.17) is 0 Å². The molecule has 0 aromatic heterocycles. The second-order valence-electron chi connectivity index (χ2n) is 2.70. The van der Waals surface area contributed by atoms with Crippen LogP contribution in [0.25, 0.3) is 0 Å². The van der Waals surface area contributed by atoms with Gasteiger partial charge in [-0.25, -0.2) is 4.39 Å². The normalized spacial score (nSPS) is 12.8. The first-order valence-corrected chi connectivity index (χ1v) is 5.24. The molecule has 1 aromatic carbocycles. The van der Waals surface area contributed by atoms with Gasteiger partial charge >= 0.3 is 0 Å². The molecule has 0 N–H and O–H groups in total. The minimum Gasteiger partial charge on any atom is -0.772 e. The topological polar surface area (TPSA) is 40.1 Å². The van der Waals surface area contributed by atoms with Crippen LogP contribution in [0.2, 0.25) is 0 Å². The highest BCUT2D eigenvalue weighted by atomic mass is 32.2. The minimum atomic E-state index is -2.02. The van der Waals surface area contributed by atoms with E-state index in [1.54, 1.807) is 18.2 Å². The van der Waals surface area contributed by atoms with Crippen molar-refractivity contribution in [2.24, 2.45) is 0 Å². The number of halogens is 1. The Labute approximate surface area is 79.1 Å². The summed E-state index contributed by atoms with van der Waals surface area (Å²) in [6.45, 7) is 0. The molecule has 4 heteroatoms. The number of hydrogen-bond donors (Lipinski definition) is 0. The molecule has 72 valence electrons. The van der Waals surface area contributed by atoms with Crippen LogP contribution in [0.15, 0.2) is 24.3 Å². The van der Waals surface area contributed by atoms with Crippen LogP contribution in [0, 0.1) is 5.82 Å². The lowest BCUT2D eigenvalue weighted by Crippen LogP contribution is -1.98. The third-order valence-corrected chi connectivity index (χ3v) is 2.34. The van der Waals surface area contributed by atoms with E-state index in [2.05, 4.69) is 0 Å². The van der Waals surface area contributed by atoms with Gasteiger partial charge in [-0.05, 0) is 24.5 Å². The second kappa shape index (κ2) is 5.09. The first kappa shape index (κ1) is 10.3. The third-order valence-electron chi connectivity index (χ3n) is 1.71. The van der Waals surface area contributed by atoms with Crippen molar-refractivity contribution < 1.29 is 13.2 Å². The van der Waals surface area contributed by atoms with Crippen molar-refractivity contribution in [3.05, 3.63) is 35.6 Å². The first-order valence-electron chi connectivity index (χ1n) is 3.99. The fourth-order valence-electron chi connectivity index (χ4n) is 1.08. The lowest BCUT2D eigenvalue weighted by atomic mass is 10.1. The molecule has 0 bridgehead atoms. The van der Waals surface area contributed by atoms with Crippen molar-refractivity contribution in [1.29, 1.82) is 0 Å². The van der Waals surface area contributed by atoms with Crippen LogP contribution in [0.3, 0.4) is 0 Å². The first-order chi connectivity index (χ1) is 6.20. The third kappa shape index (κ3) is 3.65. The molecule has 1 atom stereocenters. The summed E-state index contributed by atoms with van der Waals surface area (Å²) < 4.78 is 33.3. The summed E-state index contributed by atoms with van der Waals surface area (Å²) >= 11 is -2.02. The van der Waals surface area contributed by atoms with Crippen molar-refractivity contribution >= 4 is 11.1 Å². The molecule has 0 fully saturated rings. The number of benzene rings is 1. The molecule has 1 rings (SSSR count). The Morgan fingerprint density at radius 3 is 2.69 bits per heavy atom. The van der Waals surface area contributed by atoms with E-state index in [9.17, 15) is 13.2 Å². The van der Waals surface area contributed by atoms with Gasteiger partial charge in [0.25, 0.3) is 0 Å². The fourth-order valence-corrected chi connectivity index (χ4v) is 1.46. The van der Waals surface area contributed by atoms with E-state index in [0.29, 0.717) is 18.4 Å². The van der Waals surface area contributed by atoms with Gasteiger partial charge < -0.3 is 4.55 Å².